The Labute approximate surface area is 135 Å². The molecule has 0 aliphatic rings. The number of carbonyl (C=O) groups is 1. The minimum absolute atomic E-state index is 0.0370. The first-order chi connectivity index (χ1) is 9.91. The molecule has 1 N–H and O–H groups in total. The maximum atomic E-state index is 12.6. The molecule has 0 saturated heterocycles. The van der Waals surface area contributed by atoms with E-state index in [-0.39, 0.29) is 31.3 Å². The van der Waals surface area contributed by atoms with Crippen LogP contribution in [0.3, 0.4) is 0 Å². The van der Waals surface area contributed by atoms with Crippen molar-refractivity contribution in [3.8, 4) is 0 Å². The summed E-state index contributed by atoms with van der Waals surface area (Å²) < 4.78 is 28.9. The normalized spacial score (nSPS) is 14.9. The molecule has 0 radical (unpaired) electrons. The molecule has 0 aliphatic carbocycles. The van der Waals surface area contributed by atoms with Crippen LogP contribution < -0.4 is 0 Å². The molecular formula is C14H31O6PSi. The molecule has 0 rings (SSSR count). The van der Waals surface area contributed by atoms with Crippen LogP contribution in [0.15, 0.2) is 0 Å². The van der Waals surface area contributed by atoms with Crippen molar-refractivity contribution in [3.05, 3.63) is 0 Å². The molecule has 0 amide bonds. The fourth-order valence-corrected chi connectivity index (χ4v) is 4.54. The second-order valence-electron chi connectivity index (χ2n) is 6.63. The Kier molecular flexibility index (Phi) is 8.51. The van der Waals surface area contributed by atoms with E-state index in [4.69, 9.17) is 13.5 Å². The Bertz CT molecular complexity index is 395. The summed E-state index contributed by atoms with van der Waals surface area (Å²) in [5.74, 6) is -1.18. The quantitative estimate of drug-likeness (QED) is 0.469. The van der Waals surface area contributed by atoms with E-state index in [2.05, 4.69) is 33.9 Å². The summed E-state index contributed by atoms with van der Waals surface area (Å²) >= 11 is 0. The number of rotatable bonds is 10. The Balaban J connectivity index is 4.94. The minimum Gasteiger partial charge on any atom is -0.481 e. The van der Waals surface area contributed by atoms with Crippen LogP contribution >= 0.6 is 7.60 Å². The molecule has 1 atom stereocenters. The first kappa shape index (κ1) is 21.8. The zero-order chi connectivity index (χ0) is 17.6. The second-order valence-corrected chi connectivity index (χ2v) is 13.7. The van der Waals surface area contributed by atoms with E-state index in [0.717, 1.165) is 0 Å². The fraction of sp³-hybridized carbons (Fsp3) is 0.929. The van der Waals surface area contributed by atoms with Gasteiger partial charge < -0.3 is 18.6 Å². The van der Waals surface area contributed by atoms with Gasteiger partial charge in [0.15, 0.2) is 14.0 Å². The maximum absolute atomic E-state index is 12.6. The highest BCUT2D eigenvalue weighted by Gasteiger charge is 2.42. The third-order valence-electron chi connectivity index (χ3n) is 3.95. The van der Waals surface area contributed by atoms with Gasteiger partial charge in [0.2, 0.25) is 0 Å². The van der Waals surface area contributed by atoms with Crippen LogP contribution in [0, 0.1) is 0 Å². The first-order valence-electron chi connectivity index (χ1n) is 7.66. The van der Waals surface area contributed by atoms with Gasteiger partial charge in [0.1, 0.15) is 0 Å². The SMILES string of the molecule is CCOP(=O)(OCC)C(CCO[Si](C)(C)C(C)(C)C)C(=O)O. The molecule has 0 fully saturated rings. The van der Waals surface area contributed by atoms with E-state index in [0.29, 0.717) is 0 Å². The Hall–Kier alpha value is -0.203. The maximum Gasteiger partial charge on any atom is 0.344 e. The average Bonchev–Trinajstić information content (AvgIpc) is 2.33. The molecule has 0 bridgehead atoms. The first-order valence-corrected chi connectivity index (χ1v) is 12.2. The zero-order valence-corrected chi connectivity index (χ0v) is 16.7. The van der Waals surface area contributed by atoms with Crippen molar-refractivity contribution in [2.45, 2.75) is 64.8 Å². The van der Waals surface area contributed by atoms with Gasteiger partial charge in [-0.3, -0.25) is 9.36 Å². The lowest BCUT2D eigenvalue weighted by Crippen LogP contribution is -2.41. The molecule has 0 aromatic rings. The highest BCUT2D eigenvalue weighted by atomic mass is 31.2. The Morgan fingerprint density at radius 2 is 1.64 bits per heavy atom. The molecule has 0 aromatic heterocycles. The summed E-state index contributed by atoms with van der Waals surface area (Å²) in [4.78, 5) is 11.5. The van der Waals surface area contributed by atoms with Crippen molar-refractivity contribution in [1.29, 1.82) is 0 Å². The van der Waals surface area contributed by atoms with Crippen LogP contribution in [-0.4, -0.2) is 44.9 Å². The molecule has 22 heavy (non-hydrogen) atoms. The Morgan fingerprint density at radius 1 is 1.18 bits per heavy atom. The smallest absolute Gasteiger partial charge is 0.344 e. The predicted octanol–water partition coefficient (Wildman–Crippen LogP) is 4.12. The topological polar surface area (TPSA) is 82.1 Å². The van der Waals surface area contributed by atoms with Crippen LogP contribution in [0.25, 0.3) is 0 Å². The number of carboxylic acids is 1. The van der Waals surface area contributed by atoms with Crippen molar-refractivity contribution >= 4 is 21.9 Å². The van der Waals surface area contributed by atoms with Crippen molar-refractivity contribution in [2.75, 3.05) is 19.8 Å². The monoisotopic (exact) mass is 354 g/mol. The lowest BCUT2D eigenvalue weighted by molar-refractivity contribution is -0.137. The third kappa shape index (κ3) is 6.12. The van der Waals surface area contributed by atoms with Gasteiger partial charge in [0.25, 0.3) is 0 Å². The number of carboxylic acid groups (broad SMARTS) is 1. The van der Waals surface area contributed by atoms with Crippen LogP contribution in [0.4, 0.5) is 0 Å². The second kappa shape index (κ2) is 8.59. The summed E-state index contributed by atoms with van der Waals surface area (Å²) in [6.07, 6.45) is 0.110. The summed E-state index contributed by atoms with van der Waals surface area (Å²) in [5.41, 5.74) is -1.20. The Morgan fingerprint density at radius 3 is 1.95 bits per heavy atom. The van der Waals surface area contributed by atoms with Crippen molar-refractivity contribution in [2.24, 2.45) is 0 Å². The van der Waals surface area contributed by atoms with Crippen LogP contribution in [-0.2, 0) is 22.8 Å². The molecule has 0 heterocycles. The summed E-state index contributed by atoms with van der Waals surface area (Å²) in [7, 11) is -5.64. The van der Waals surface area contributed by atoms with Gasteiger partial charge in [-0.05, 0) is 38.4 Å². The zero-order valence-electron chi connectivity index (χ0n) is 14.8. The molecule has 6 nitrogen and oxygen atoms in total. The number of hydrogen-bond donors (Lipinski definition) is 1. The lowest BCUT2D eigenvalue weighted by atomic mass is 10.2. The van der Waals surface area contributed by atoms with Crippen molar-refractivity contribution < 1.29 is 27.9 Å². The highest BCUT2D eigenvalue weighted by molar-refractivity contribution is 7.55. The van der Waals surface area contributed by atoms with Gasteiger partial charge in [-0.25, -0.2) is 0 Å². The molecule has 1 unspecified atom stereocenters. The minimum atomic E-state index is -3.67. The summed E-state index contributed by atoms with van der Waals surface area (Å²) in [6.45, 7) is 14.4. The average molecular weight is 354 g/mol. The summed E-state index contributed by atoms with van der Waals surface area (Å²) in [5, 5.41) is 9.41. The predicted molar refractivity (Wildman–Crippen MR) is 90.0 cm³/mol. The van der Waals surface area contributed by atoms with Gasteiger partial charge >= 0.3 is 13.6 Å². The van der Waals surface area contributed by atoms with Gasteiger partial charge in [-0.2, -0.15) is 0 Å². The van der Waals surface area contributed by atoms with Gasteiger partial charge in [-0.1, -0.05) is 20.8 Å². The van der Waals surface area contributed by atoms with Crippen LogP contribution in [0.2, 0.25) is 18.1 Å². The van der Waals surface area contributed by atoms with Crippen molar-refractivity contribution in [1.82, 2.24) is 0 Å². The van der Waals surface area contributed by atoms with E-state index in [9.17, 15) is 14.5 Å². The van der Waals surface area contributed by atoms with Crippen LogP contribution in [0.5, 0.6) is 0 Å². The summed E-state index contributed by atoms with van der Waals surface area (Å²) in [6, 6.07) is 0. The molecule has 0 saturated carbocycles. The number of aliphatic carboxylic acids is 1. The molecule has 8 heteroatoms. The van der Waals surface area contributed by atoms with Crippen LogP contribution in [0.1, 0.15) is 41.0 Å². The molecule has 132 valence electrons. The molecule has 0 aromatic carbocycles. The van der Waals surface area contributed by atoms with E-state index < -0.39 is 27.5 Å². The molecular weight excluding hydrogens is 323 g/mol. The van der Waals surface area contributed by atoms with Crippen molar-refractivity contribution in [3.63, 3.8) is 0 Å². The standard InChI is InChI=1S/C14H31O6PSi/c1-8-18-21(17,19-9-2)12(13(15)16)10-11-20-22(6,7)14(3,4)5/h12H,8-11H2,1-7H3,(H,15,16). The third-order valence-corrected chi connectivity index (χ3v) is 11.0. The van der Waals surface area contributed by atoms with E-state index >= 15 is 0 Å². The lowest BCUT2D eigenvalue weighted by Gasteiger charge is -2.36. The highest BCUT2D eigenvalue weighted by Crippen LogP contribution is 2.54. The fourth-order valence-electron chi connectivity index (χ4n) is 1.64. The van der Waals surface area contributed by atoms with Gasteiger partial charge in [0, 0.05) is 6.61 Å². The van der Waals surface area contributed by atoms with E-state index in [1.54, 1.807) is 13.8 Å². The number of hydrogen-bond acceptors (Lipinski definition) is 5. The van der Waals surface area contributed by atoms with E-state index in [1.807, 2.05) is 0 Å². The molecule has 0 aliphatic heterocycles. The molecule has 0 spiro atoms. The van der Waals surface area contributed by atoms with Gasteiger partial charge in [-0.15, -0.1) is 0 Å². The van der Waals surface area contributed by atoms with Gasteiger partial charge in [0.05, 0.1) is 13.2 Å². The largest absolute Gasteiger partial charge is 0.481 e. The van der Waals surface area contributed by atoms with E-state index in [1.165, 1.54) is 0 Å².